The van der Waals surface area contributed by atoms with Gasteiger partial charge in [0.2, 0.25) is 5.95 Å². The standard InChI is InChI=1S/C18H18ClN5O/c1-11-4-6-14(12(2)8-11)22-18-23-17(10-20-24-18)21-15-9-13(19)5-7-16(15)25-3/h4-10H,1-3H3,(H2,21,22,23,24). The highest BCUT2D eigenvalue weighted by molar-refractivity contribution is 6.31. The summed E-state index contributed by atoms with van der Waals surface area (Å²) < 4.78 is 5.32. The SMILES string of the molecule is COc1ccc(Cl)cc1Nc1cnnc(Nc2ccc(C)cc2C)n1. The third kappa shape index (κ3) is 4.16. The van der Waals surface area contributed by atoms with Gasteiger partial charge in [0.15, 0.2) is 5.82 Å². The zero-order chi connectivity index (χ0) is 17.8. The molecule has 0 aliphatic rings. The number of hydrogen-bond donors (Lipinski definition) is 2. The first kappa shape index (κ1) is 17.0. The predicted molar refractivity (Wildman–Crippen MR) is 100 cm³/mol. The van der Waals surface area contributed by atoms with Gasteiger partial charge in [0.05, 0.1) is 19.0 Å². The normalized spacial score (nSPS) is 10.4. The molecular formula is C18H18ClN5O. The van der Waals surface area contributed by atoms with Gasteiger partial charge >= 0.3 is 0 Å². The molecule has 0 amide bonds. The molecule has 6 nitrogen and oxygen atoms in total. The average molecular weight is 356 g/mol. The number of benzene rings is 2. The van der Waals surface area contributed by atoms with Gasteiger partial charge in [0.1, 0.15) is 5.75 Å². The Hall–Kier alpha value is -2.86. The van der Waals surface area contributed by atoms with E-state index in [1.807, 2.05) is 19.1 Å². The van der Waals surface area contributed by atoms with Gasteiger partial charge in [-0.25, -0.2) is 0 Å². The van der Waals surface area contributed by atoms with Crippen LogP contribution in [0.25, 0.3) is 0 Å². The number of aromatic nitrogens is 3. The summed E-state index contributed by atoms with van der Waals surface area (Å²) in [5.74, 6) is 1.59. The molecule has 2 N–H and O–H groups in total. The molecule has 25 heavy (non-hydrogen) atoms. The summed E-state index contributed by atoms with van der Waals surface area (Å²) in [6, 6.07) is 11.4. The zero-order valence-electron chi connectivity index (χ0n) is 14.2. The lowest BCUT2D eigenvalue weighted by atomic mass is 10.1. The van der Waals surface area contributed by atoms with Crippen LogP contribution < -0.4 is 15.4 Å². The second-order valence-corrected chi connectivity index (χ2v) is 6.01. The van der Waals surface area contributed by atoms with Crippen LogP contribution in [-0.2, 0) is 0 Å². The summed E-state index contributed by atoms with van der Waals surface area (Å²) in [7, 11) is 1.60. The Bertz CT molecular complexity index is 900. The molecule has 0 spiro atoms. The molecule has 0 radical (unpaired) electrons. The highest BCUT2D eigenvalue weighted by Crippen LogP contribution is 2.30. The fourth-order valence-electron chi connectivity index (χ4n) is 2.41. The molecule has 0 bridgehead atoms. The Morgan fingerprint density at radius 1 is 1.00 bits per heavy atom. The summed E-state index contributed by atoms with van der Waals surface area (Å²) >= 11 is 6.05. The highest BCUT2D eigenvalue weighted by Gasteiger charge is 2.08. The number of anilines is 4. The van der Waals surface area contributed by atoms with Gasteiger partial charge in [0.25, 0.3) is 0 Å². The van der Waals surface area contributed by atoms with E-state index >= 15 is 0 Å². The van der Waals surface area contributed by atoms with Crippen molar-refractivity contribution in [2.24, 2.45) is 0 Å². The average Bonchev–Trinajstić information content (AvgIpc) is 2.58. The van der Waals surface area contributed by atoms with E-state index in [0.29, 0.717) is 28.2 Å². The van der Waals surface area contributed by atoms with E-state index in [4.69, 9.17) is 16.3 Å². The molecule has 0 saturated heterocycles. The Balaban J connectivity index is 1.83. The summed E-state index contributed by atoms with van der Waals surface area (Å²) in [5, 5.41) is 15.0. The molecule has 7 heteroatoms. The number of hydrogen-bond acceptors (Lipinski definition) is 6. The number of methoxy groups -OCH3 is 1. The third-order valence-electron chi connectivity index (χ3n) is 3.61. The molecule has 2 aromatic carbocycles. The summed E-state index contributed by atoms with van der Waals surface area (Å²) in [6.07, 6.45) is 1.54. The minimum Gasteiger partial charge on any atom is -0.495 e. The molecule has 1 heterocycles. The summed E-state index contributed by atoms with van der Waals surface area (Å²) in [5.41, 5.74) is 3.95. The van der Waals surface area contributed by atoms with Crippen molar-refractivity contribution in [3.8, 4) is 5.75 Å². The van der Waals surface area contributed by atoms with Crippen LogP contribution >= 0.6 is 11.6 Å². The van der Waals surface area contributed by atoms with E-state index in [9.17, 15) is 0 Å². The van der Waals surface area contributed by atoms with Crippen LogP contribution in [0.15, 0.2) is 42.6 Å². The molecule has 0 saturated carbocycles. The lowest BCUT2D eigenvalue weighted by Gasteiger charge is -2.12. The van der Waals surface area contributed by atoms with Crippen LogP contribution in [0.4, 0.5) is 23.1 Å². The van der Waals surface area contributed by atoms with E-state index in [1.165, 1.54) is 11.8 Å². The van der Waals surface area contributed by atoms with Crippen molar-refractivity contribution in [2.75, 3.05) is 17.7 Å². The van der Waals surface area contributed by atoms with E-state index < -0.39 is 0 Å². The van der Waals surface area contributed by atoms with Crippen LogP contribution in [0.3, 0.4) is 0 Å². The highest BCUT2D eigenvalue weighted by atomic mass is 35.5. The molecule has 3 aromatic rings. The maximum Gasteiger partial charge on any atom is 0.249 e. The van der Waals surface area contributed by atoms with Crippen molar-refractivity contribution in [1.82, 2.24) is 15.2 Å². The zero-order valence-corrected chi connectivity index (χ0v) is 14.9. The summed E-state index contributed by atoms with van der Waals surface area (Å²) in [4.78, 5) is 4.44. The summed E-state index contributed by atoms with van der Waals surface area (Å²) in [6.45, 7) is 4.08. The molecule has 3 rings (SSSR count). The number of aryl methyl sites for hydroxylation is 2. The molecule has 1 aromatic heterocycles. The number of nitrogens with one attached hydrogen (secondary N) is 2. The first-order chi connectivity index (χ1) is 12.0. The molecule has 0 aliphatic carbocycles. The molecular weight excluding hydrogens is 338 g/mol. The maximum atomic E-state index is 6.05. The smallest absolute Gasteiger partial charge is 0.249 e. The minimum atomic E-state index is 0.401. The van der Waals surface area contributed by atoms with Crippen molar-refractivity contribution in [3.05, 3.63) is 58.7 Å². The fraction of sp³-hybridized carbons (Fsp3) is 0.167. The Labute approximate surface area is 151 Å². The molecule has 0 atom stereocenters. The largest absolute Gasteiger partial charge is 0.495 e. The molecule has 128 valence electrons. The second-order valence-electron chi connectivity index (χ2n) is 5.58. The quantitative estimate of drug-likeness (QED) is 0.694. The minimum absolute atomic E-state index is 0.401. The molecule has 0 fully saturated rings. The Kier molecular flexibility index (Phi) is 5.00. The topological polar surface area (TPSA) is 72.0 Å². The van der Waals surface area contributed by atoms with Crippen LogP contribution in [0.5, 0.6) is 5.75 Å². The van der Waals surface area contributed by atoms with Gasteiger partial charge < -0.3 is 15.4 Å². The van der Waals surface area contributed by atoms with Crippen LogP contribution in [-0.4, -0.2) is 22.3 Å². The van der Waals surface area contributed by atoms with Gasteiger partial charge in [-0.05, 0) is 43.7 Å². The van der Waals surface area contributed by atoms with Crippen molar-refractivity contribution in [3.63, 3.8) is 0 Å². The van der Waals surface area contributed by atoms with Crippen molar-refractivity contribution >= 4 is 34.7 Å². The van der Waals surface area contributed by atoms with Crippen LogP contribution in [0, 0.1) is 13.8 Å². The van der Waals surface area contributed by atoms with E-state index in [0.717, 1.165) is 11.3 Å². The Morgan fingerprint density at radius 2 is 1.84 bits per heavy atom. The van der Waals surface area contributed by atoms with Crippen LogP contribution in [0.1, 0.15) is 11.1 Å². The fourth-order valence-corrected chi connectivity index (χ4v) is 2.58. The van der Waals surface area contributed by atoms with Gasteiger partial charge in [-0.3, -0.25) is 0 Å². The lowest BCUT2D eigenvalue weighted by molar-refractivity contribution is 0.417. The first-order valence-corrected chi connectivity index (χ1v) is 8.07. The monoisotopic (exact) mass is 355 g/mol. The number of ether oxygens (including phenoxy) is 1. The predicted octanol–water partition coefficient (Wildman–Crippen LogP) is 4.64. The van der Waals surface area contributed by atoms with Crippen molar-refractivity contribution in [1.29, 1.82) is 0 Å². The van der Waals surface area contributed by atoms with E-state index in [2.05, 4.69) is 38.8 Å². The van der Waals surface area contributed by atoms with Gasteiger partial charge in [0, 0.05) is 10.7 Å². The maximum absolute atomic E-state index is 6.05. The number of nitrogens with zero attached hydrogens (tertiary/aromatic N) is 3. The van der Waals surface area contributed by atoms with E-state index in [-0.39, 0.29) is 0 Å². The first-order valence-electron chi connectivity index (χ1n) is 7.70. The van der Waals surface area contributed by atoms with Crippen molar-refractivity contribution < 1.29 is 4.74 Å². The molecule has 0 aliphatic heterocycles. The number of rotatable bonds is 5. The second kappa shape index (κ2) is 7.36. The van der Waals surface area contributed by atoms with Crippen molar-refractivity contribution in [2.45, 2.75) is 13.8 Å². The van der Waals surface area contributed by atoms with E-state index in [1.54, 1.807) is 25.3 Å². The van der Waals surface area contributed by atoms with Gasteiger partial charge in [-0.1, -0.05) is 29.3 Å². The van der Waals surface area contributed by atoms with Gasteiger partial charge in [-0.2, -0.15) is 10.1 Å². The lowest BCUT2D eigenvalue weighted by Crippen LogP contribution is -2.04. The third-order valence-corrected chi connectivity index (χ3v) is 3.85. The molecule has 0 unspecified atom stereocenters. The Morgan fingerprint density at radius 3 is 2.60 bits per heavy atom. The van der Waals surface area contributed by atoms with Crippen LogP contribution in [0.2, 0.25) is 5.02 Å². The number of halogens is 1. The van der Waals surface area contributed by atoms with Gasteiger partial charge in [-0.15, -0.1) is 5.10 Å².